The molecule has 0 saturated heterocycles. The van der Waals surface area contributed by atoms with E-state index >= 15 is 0 Å². The fourth-order valence-corrected chi connectivity index (χ4v) is 5.76. The summed E-state index contributed by atoms with van der Waals surface area (Å²) in [5.74, 6) is -1.41. The first kappa shape index (κ1) is 26.3. The Hall–Kier alpha value is -4.76. The molecule has 0 aliphatic carbocycles. The average molecular weight is 541 g/mol. The molecule has 1 unspecified atom stereocenters. The van der Waals surface area contributed by atoms with Crippen molar-refractivity contribution in [2.24, 2.45) is 5.73 Å². The number of carbonyl (C=O) groups is 1. The Morgan fingerprint density at radius 3 is 2.45 bits per heavy atom. The Kier molecular flexibility index (Phi) is 7.98. The third kappa shape index (κ3) is 4.91. The van der Waals surface area contributed by atoms with Crippen LogP contribution in [0.15, 0.2) is 75.7 Å². The van der Waals surface area contributed by atoms with Gasteiger partial charge in [0.05, 0.1) is 29.4 Å². The van der Waals surface area contributed by atoms with Gasteiger partial charge < -0.3 is 20.9 Å². The van der Waals surface area contributed by atoms with Gasteiger partial charge in [-0.1, -0.05) is 48.2 Å². The van der Waals surface area contributed by atoms with Crippen LogP contribution in [-0.2, 0) is 14.3 Å². The van der Waals surface area contributed by atoms with Crippen LogP contribution in [0.5, 0.6) is 0 Å². The van der Waals surface area contributed by atoms with Crippen molar-refractivity contribution in [2.75, 3.05) is 18.1 Å². The zero-order valence-electron chi connectivity index (χ0n) is 20.1. The van der Waals surface area contributed by atoms with Gasteiger partial charge in [-0.05, 0) is 23.9 Å². The predicted molar refractivity (Wildman–Crippen MR) is 143 cm³/mol. The number of rotatable bonds is 7. The summed E-state index contributed by atoms with van der Waals surface area (Å²) in [7, 11) is 0. The van der Waals surface area contributed by atoms with E-state index in [1.807, 2.05) is 23.6 Å². The molecule has 38 heavy (non-hydrogen) atoms. The Balaban J connectivity index is 1.83. The number of hydrogen-bond acceptors (Lipinski definition) is 11. The van der Waals surface area contributed by atoms with Gasteiger partial charge in [0.25, 0.3) is 0 Å². The molecule has 2 aromatic heterocycles. The van der Waals surface area contributed by atoms with E-state index in [0.29, 0.717) is 16.0 Å². The summed E-state index contributed by atoms with van der Waals surface area (Å²) in [5.41, 5.74) is 13.8. The molecule has 3 heterocycles. The maximum absolute atomic E-state index is 13.2. The van der Waals surface area contributed by atoms with Crippen LogP contribution in [0.3, 0.4) is 0 Å². The Morgan fingerprint density at radius 1 is 1.11 bits per heavy atom. The molecule has 4 rings (SSSR count). The molecule has 3 aromatic rings. The molecule has 1 aromatic carbocycles. The van der Waals surface area contributed by atoms with E-state index < -0.39 is 11.9 Å². The molecule has 9 nitrogen and oxygen atoms in total. The van der Waals surface area contributed by atoms with Crippen LogP contribution in [-0.4, -0.2) is 23.3 Å². The third-order valence-electron chi connectivity index (χ3n) is 5.65. The first-order valence-corrected chi connectivity index (χ1v) is 13.1. The van der Waals surface area contributed by atoms with Crippen LogP contribution in [0.1, 0.15) is 29.5 Å². The van der Waals surface area contributed by atoms with Gasteiger partial charge in [-0.2, -0.15) is 15.8 Å². The number of thioether (sulfide) groups is 1. The van der Waals surface area contributed by atoms with Gasteiger partial charge in [0, 0.05) is 10.4 Å². The van der Waals surface area contributed by atoms with E-state index in [4.69, 9.17) is 20.9 Å². The number of esters is 1. The van der Waals surface area contributed by atoms with Crippen molar-refractivity contribution in [2.45, 2.75) is 17.9 Å². The Bertz CT molecular complexity index is 1580. The molecule has 188 valence electrons. The van der Waals surface area contributed by atoms with E-state index in [2.05, 4.69) is 17.1 Å². The highest BCUT2D eigenvalue weighted by Gasteiger charge is 2.37. The highest BCUT2D eigenvalue weighted by molar-refractivity contribution is 7.99. The average Bonchev–Trinajstić information content (AvgIpc) is 3.46. The smallest absolute Gasteiger partial charge is 0.338 e. The molecule has 4 N–H and O–H groups in total. The van der Waals surface area contributed by atoms with E-state index in [9.17, 15) is 20.6 Å². The normalized spacial score (nSPS) is 14.7. The summed E-state index contributed by atoms with van der Waals surface area (Å²) >= 11 is 2.47. The van der Waals surface area contributed by atoms with E-state index in [0.717, 1.165) is 11.8 Å². The molecule has 1 aliphatic heterocycles. The van der Waals surface area contributed by atoms with Crippen LogP contribution < -0.4 is 11.5 Å². The van der Waals surface area contributed by atoms with Gasteiger partial charge in [0.15, 0.2) is 0 Å². The quantitative estimate of drug-likeness (QED) is 0.320. The number of allylic oxidation sites excluding steroid dienone is 1. The first-order chi connectivity index (χ1) is 18.4. The van der Waals surface area contributed by atoms with Crippen molar-refractivity contribution in [3.63, 3.8) is 0 Å². The number of nitrogens with zero attached hydrogens (tertiary/aromatic N) is 4. The summed E-state index contributed by atoms with van der Waals surface area (Å²) < 4.78 is 11.1. The predicted octanol–water partition coefficient (Wildman–Crippen LogP) is 4.55. The van der Waals surface area contributed by atoms with E-state index in [1.165, 1.54) is 11.3 Å². The van der Waals surface area contributed by atoms with Crippen LogP contribution in [0, 0.1) is 34.0 Å². The minimum absolute atomic E-state index is 0.0186. The van der Waals surface area contributed by atoms with Crippen molar-refractivity contribution >= 4 is 34.9 Å². The number of thiophene rings is 1. The molecule has 0 amide bonds. The number of nitrogen functional groups attached to an aromatic ring is 1. The van der Waals surface area contributed by atoms with Crippen molar-refractivity contribution < 1.29 is 14.3 Å². The number of nitriles is 3. The number of aromatic nitrogens is 1. The van der Waals surface area contributed by atoms with Crippen molar-refractivity contribution in [1.29, 1.82) is 15.8 Å². The molecule has 0 radical (unpaired) electrons. The lowest BCUT2D eigenvalue weighted by Gasteiger charge is -2.28. The lowest BCUT2D eigenvalue weighted by atomic mass is 9.83. The molecule has 0 saturated carbocycles. The molecular formula is C27H20N6O3S2. The second-order valence-electron chi connectivity index (χ2n) is 7.81. The largest absolute Gasteiger partial charge is 0.463 e. The van der Waals surface area contributed by atoms with Gasteiger partial charge in [-0.15, -0.1) is 11.3 Å². The molecule has 11 heteroatoms. The number of benzene rings is 1. The summed E-state index contributed by atoms with van der Waals surface area (Å²) in [6.45, 7) is 1.79. The summed E-state index contributed by atoms with van der Waals surface area (Å²) in [6.07, 6.45) is 0. The molecule has 0 spiro atoms. The van der Waals surface area contributed by atoms with Gasteiger partial charge >= 0.3 is 5.97 Å². The molecule has 0 fully saturated rings. The topological polar surface area (TPSA) is 172 Å². The fourth-order valence-electron chi connectivity index (χ4n) is 4.04. The number of nitrogens with two attached hydrogens (primary N) is 2. The number of pyridine rings is 1. The van der Waals surface area contributed by atoms with Crippen LogP contribution in [0.4, 0.5) is 5.82 Å². The monoisotopic (exact) mass is 540 g/mol. The number of carbonyl (C=O) groups excluding carboxylic acids is 1. The van der Waals surface area contributed by atoms with Crippen molar-refractivity contribution in [3.05, 3.63) is 87.3 Å². The molecular weight excluding hydrogens is 520 g/mol. The number of ether oxygens (including phenoxy) is 2. The first-order valence-electron chi connectivity index (χ1n) is 11.3. The maximum atomic E-state index is 13.2. The highest BCUT2D eigenvalue weighted by Crippen LogP contribution is 2.42. The second-order valence-corrected chi connectivity index (χ2v) is 9.72. The zero-order chi connectivity index (χ0) is 27.2. The number of hydrogen-bond donors (Lipinski definition) is 2. The highest BCUT2D eigenvalue weighted by atomic mass is 32.2. The summed E-state index contributed by atoms with van der Waals surface area (Å²) in [4.78, 5) is 18.2. The second kappa shape index (κ2) is 11.5. The number of anilines is 1. The van der Waals surface area contributed by atoms with Crippen molar-refractivity contribution in [3.8, 4) is 28.6 Å². The minimum Gasteiger partial charge on any atom is -0.463 e. The molecule has 1 aliphatic rings. The molecule has 0 bridgehead atoms. The van der Waals surface area contributed by atoms with Crippen molar-refractivity contribution in [1.82, 2.24) is 4.98 Å². The standard InChI is InChI=1S/C27H20N6O3S2/c1-2-35-27(34)23-19(36-25(32)17(12-29)21(23)15-7-4-3-5-8-15)14-38-26-18(13-30)22(20-9-6-10-37-20)16(11-28)24(31)33-26/h3-10,21H,2,14,32H2,1H3,(H2,31,33). The summed E-state index contributed by atoms with van der Waals surface area (Å²) in [6, 6.07) is 18.8. The maximum Gasteiger partial charge on any atom is 0.338 e. The SMILES string of the molecule is CCOC(=O)C1=C(CSc2nc(N)c(C#N)c(-c3cccs3)c2C#N)OC(N)=C(C#N)C1c1ccccc1. The zero-order valence-corrected chi connectivity index (χ0v) is 21.7. The fraction of sp³-hybridized carbons (Fsp3) is 0.148. The van der Waals surface area contributed by atoms with Gasteiger partial charge in [0.2, 0.25) is 5.88 Å². The van der Waals surface area contributed by atoms with Gasteiger partial charge in [-0.3, -0.25) is 0 Å². The lowest BCUT2D eigenvalue weighted by Crippen LogP contribution is -2.27. The van der Waals surface area contributed by atoms with E-state index in [1.54, 1.807) is 37.3 Å². The van der Waals surface area contributed by atoms with E-state index in [-0.39, 0.29) is 57.1 Å². The van der Waals surface area contributed by atoms with Gasteiger partial charge in [-0.25, -0.2) is 9.78 Å². The van der Waals surface area contributed by atoms with Gasteiger partial charge in [0.1, 0.15) is 45.9 Å². The van der Waals surface area contributed by atoms with Crippen LogP contribution >= 0.6 is 23.1 Å². The van der Waals surface area contributed by atoms with Crippen LogP contribution in [0.2, 0.25) is 0 Å². The Morgan fingerprint density at radius 2 is 1.84 bits per heavy atom. The molecule has 1 atom stereocenters. The third-order valence-corrected chi connectivity index (χ3v) is 7.51. The van der Waals surface area contributed by atoms with Crippen LogP contribution in [0.25, 0.3) is 10.4 Å². The summed E-state index contributed by atoms with van der Waals surface area (Å²) in [5, 5.41) is 31.7. The lowest BCUT2D eigenvalue weighted by molar-refractivity contribution is -0.139. The Labute approximate surface area is 227 Å². The minimum atomic E-state index is -0.805.